The molecule has 0 atom stereocenters. The van der Waals surface area contributed by atoms with Gasteiger partial charge in [-0.1, -0.05) is 70.4 Å². The number of ketones is 1. The largest absolute Gasteiger partial charge is 0.298 e. The molecule has 1 fully saturated rings. The highest BCUT2D eigenvalue weighted by Crippen LogP contribution is 2.22. The molecule has 1 aromatic rings. The Kier molecular flexibility index (Phi) is 12.9. The summed E-state index contributed by atoms with van der Waals surface area (Å²) in [6.45, 7) is 2.19. The second kappa shape index (κ2) is 14.4. The highest BCUT2D eigenvalue weighted by Gasteiger charge is 2.24. The molecule has 4 nitrogen and oxygen atoms in total. The van der Waals surface area contributed by atoms with Gasteiger partial charge >= 0.3 is 0 Å². The minimum absolute atomic E-state index is 0.193. The van der Waals surface area contributed by atoms with E-state index in [9.17, 15) is 13.2 Å². The summed E-state index contributed by atoms with van der Waals surface area (Å²) in [6.07, 6.45) is 11.7. The van der Waals surface area contributed by atoms with Crippen LogP contribution in [0.15, 0.2) is 22.9 Å². The average molecular weight is 403 g/mol. The fourth-order valence-corrected chi connectivity index (χ4v) is 4.67. The topological polar surface area (TPSA) is 60.4 Å². The fraction of sp³-hybridized carbons (Fsp3) is 0.750. The number of hydrogen-bond donors (Lipinski definition) is 0. The highest BCUT2D eigenvalue weighted by molar-refractivity contribution is 7.87. The first-order valence-corrected chi connectivity index (χ1v) is 12.5. The van der Waals surface area contributed by atoms with Crippen LogP contribution in [0.25, 0.3) is 0 Å². The number of hydrogen-bond acceptors (Lipinski definition) is 5. The van der Waals surface area contributed by atoms with Crippen molar-refractivity contribution in [3.8, 4) is 0 Å². The number of unbranched alkanes of at least 4 members (excludes halogenated alkanes) is 6. The standard InChI is InChI=1S/C16H30O4S.C4H4S/c1-2-3-4-5-6-7-8-11-15(17)14-21(18,19)20-16-12-9-10-13-16;1-2-4-5-3-1/h16H,2-14H2,1H3;1-4H. The van der Waals surface area contributed by atoms with Crippen LogP contribution in [0, 0.1) is 0 Å². The van der Waals surface area contributed by atoms with Crippen LogP contribution in [0.1, 0.15) is 84.0 Å². The summed E-state index contributed by atoms with van der Waals surface area (Å²) in [4.78, 5) is 11.7. The van der Waals surface area contributed by atoms with E-state index in [1.807, 2.05) is 22.9 Å². The minimum Gasteiger partial charge on any atom is -0.298 e. The Balaban J connectivity index is 0.000000577. The van der Waals surface area contributed by atoms with Crippen LogP contribution < -0.4 is 0 Å². The fourth-order valence-electron chi connectivity index (χ4n) is 3.00. The van der Waals surface area contributed by atoms with E-state index >= 15 is 0 Å². The second-order valence-electron chi connectivity index (χ2n) is 6.91. The van der Waals surface area contributed by atoms with E-state index in [1.165, 1.54) is 25.7 Å². The zero-order chi connectivity index (χ0) is 19.1. The Morgan fingerprint density at radius 1 is 1.00 bits per heavy atom. The molecule has 0 saturated heterocycles. The molecule has 0 N–H and O–H groups in total. The Hall–Kier alpha value is -0.720. The van der Waals surface area contributed by atoms with Gasteiger partial charge in [-0.15, -0.1) is 0 Å². The average Bonchev–Trinajstić information content (AvgIpc) is 3.29. The van der Waals surface area contributed by atoms with Gasteiger partial charge < -0.3 is 0 Å². The normalized spacial score (nSPS) is 14.8. The van der Waals surface area contributed by atoms with Crippen LogP contribution in [-0.2, 0) is 19.1 Å². The van der Waals surface area contributed by atoms with Gasteiger partial charge in [0.1, 0.15) is 11.5 Å². The number of carbonyl (C=O) groups excluding carboxylic acids is 1. The van der Waals surface area contributed by atoms with Gasteiger partial charge in [-0.25, -0.2) is 0 Å². The molecule has 1 aliphatic carbocycles. The van der Waals surface area contributed by atoms with Gasteiger partial charge in [0.2, 0.25) is 0 Å². The van der Waals surface area contributed by atoms with Crippen molar-refractivity contribution < 1.29 is 17.4 Å². The summed E-state index contributed by atoms with van der Waals surface area (Å²) in [5.41, 5.74) is 0. The molecule has 0 bridgehead atoms. The Labute approximate surface area is 163 Å². The molecular weight excluding hydrogens is 368 g/mol. The van der Waals surface area contributed by atoms with Crippen LogP contribution in [0.3, 0.4) is 0 Å². The van der Waals surface area contributed by atoms with Crippen molar-refractivity contribution in [3.63, 3.8) is 0 Å². The molecule has 0 aromatic carbocycles. The first-order chi connectivity index (χ1) is 12.5. The quantitative estimate of drug-likeness (QED) is 0.331. The summed E-state index contributed by atoms with van der Waals surface area (Å²) in [5, 5.41) is 4.08. The Bertz CT molecular complexity index is 529. The van der Waals surface area contributed by atoms with Crippen molar-refractivity contribution in [2.24, 2.45) is 0 Å². The molecule has 1 aliphatic rings. The first-order valence-electron chi connectivity index (χ1n) is 9.93. The van der Waals surface area contributed by atoms with Crippen LogP contribution in [0.2, 0.25) is 0 Å². The lowest BCUT2D eigenvalue weighted by Gasteiger charge is -2.10. The van der Waals surface area contributed by atoms with Crippen LogP contribution in [0.4, 0.5) is 0 Å². The molecule has 0 aliphatic heterocycles. The molecule has 6 heteroatoms. The third-order valence-corrected chi connectivity index (χ3v) is 6.28. The number of rotatable bonds is 12. The lowest BCUT2D eigenvalue weighted by Crippen LogP contribution is -2.22. The molecule has 0 spiro atoms. The molecule has 0 unspecified atom stereocenters. The molecule has 0 amide bonds. The Morgan fingerprint density at radius 3 is 2.12 bits per heavy atom. The summed E-state index contributed by atoms with van der Waals surface area (Å²) in [7, 11) is -3.67. The molecule has 1 saturated carbocycles. The van der Waals surface area contributed by atoms with Crippen molar-refractivity contribution in [2.45, 2.75) is 90.1 Å². The lowest BCUT2D eigenvalue weighted by molar-refractivity contribution is -0.116. The predicted octanol–water partition coefficient (Wildman–Crippen LogP) is 5.73. The van der Waals surface area contributed by atoms with Crippen LogP contribution >= 0.6 is 11.3 Å². The van der Waals surface area contributed by atoms with Gasteiger partial charge in [0.05, 0.1) is 6.10 Å². The summed E-state index contributed by atoms with van der Waals surface area (Å²) in [5.74, 6) is -0.652. The molecule has 1 aromatic heterocycles. The van der Waals surface area contributed by atoms with E-state index < -0.39 is 15.9 Å². The van der Waals surface area contributed by atoms with Crippen molar-refractivity contribution in [3.05, 3.63) is 22.9 Å². The zero-order valence-corrected chi connectivity index (χ0v) is 17.7. The van der Waals surface area contributed by atoms with Crippen molar-refractivity contribution in [2.75, 3.05) is 5.75 Å². The number of thiophene rings is 1. The SMILES string of the molecule is CCCCCCCCCC(=O)CS(=O)(=O)OC1CCCC1.c1ccsc1. The highest BCUT2D eigenvalue weighted by atomic mass is 32.2. The van der Waals surface area contributed by atoms with Gasteiger partial charge in [0, 0.05) is 6.42 Å². The summed E-state index contributed by atoms with van der Waals surface area (Å²) < 4.78 is 28.6. The van der Waals surface area contributed by atoms with Crippen molar-refractivity contribution >= 4 is 27.2 Å². The van der Waals surface area contributed by atoms with Gasteiger partial charge in [-0.3, -0.25) is 8.98 Å². The van der Waals surface area contributed by atoms with E-state index in [-0.39, 0.29) is 11.9 Å². The van der Waals surface area contributed by atoms with E-state index in [2.05, 4.69) is 6.92 Å². The molecular formula is C20H34O4S2. The molecule has 0 radical (unpaired) electrons. The smallest absolute Gasteiger partial charge is 0.274 e. The Morgan fingerprint density at radius 2 is 1.58 bits per heavy atom. The van der Waals surface area contributed by atoms with Crippen LogP contribution in [0.5, 0.6) is 0 Å². The van der Waals surface area contributed by atoms with Crippen molar-refractivity contribution in [1.29, 1.82) is 0 Å². The van der Waals surface area contributed by atoms with E-state index in [4.69, 9.17) is 4.18 Å². The molecule has 26 heavy (non-hydrogen) atoms. The predicted molar refractivity (Wildman–Crippen MR) is 109 cm³/mol. The van der Waals surface area contributed by atoms with Crippen molar-refractivity contribution in [1.82, 2.24) is 0 Å². The number of carbonyl (C=O) groups is 1. The third kappa shape index (κ3) is 12.6. The molecule has 150 valence electrons. The van der Waals surface area contributed by atoms with Gasteiger partial charge in [-0.2, -0.15) is 19.8 Å². The summed E-state index contributed by atoms with van der Waals surface area (Å²) >= 11 is 1.71. The van der Waals surface area contributed by atoms with Crippen LogP contribution in [-0.4, -0.2) is 26.1 Å². The second-order valence-corrected chi connectivity index (χ2v) is 9.32. The van der Waals surface area contributed by atoms with E-state index in [0.717, 1.165) is 44.9 Å². The monoisotopic (exact) mass is 402 g/mol. The van der Waals surface area contributed by atoms with E-state index in [1.54, 1.807) is 11.3 Å². The third-order valence-electron chi connectivity index (χ3n) is 4.41. The zero-order valence-electron chi connectivity index (χ0n) is 16.0. The maximum absolute atomic E-state index is 11.8. The van der Waals surface area contributed by atoms with Gasteiger partial charge in [-0.05, 0) is 30.0 Å². The first kappa shape index (κ1) is 23.3. The summed E-state index contributed by atoms with van der Waals surface area (Å²) in [6, 6.07) is 4.04. The minimum atomic E-state index is -3.67. The molecule has 1 heterocycles. The molecule has 2 rings (SSSR count). The maximum Gasteiger partial charge on any atom is 0.274 e. The lowest BCUT2D eigenvalue weighted by atomic mass is 10.1. The van der Waals surface area contributed by atoms with E-state index in [0.29, 0.717) is 6.42 Å². The van der Waals surface area contributed by atoms with Gasteiger partial charge in [0.15, 0.2) is 0 Å². The number of Topliss-reactive ketones (excluding diaryl/α,β-unsaturated/α-hetero) is 1. The maximum atomic E-state index is 11.8. The van der Waals surface area contributed by atoms with Gasteiger partial charge in [0.25, 0.3) is 10.1 Å².